The van der Waals surface area contributed by atoms with Gasteiger partial charge in [-0.1, -0.05) is 46.3 Å². The van der Waals surface area contributed by atoms with Crippen molar-refractivity contribution in [1.29, 1.82) is 0 Å². The zero-order chi connectivity index (χ0) is 15.2. The summed E-state index contributed by atoms with van der Waals surface area (Å²) in [5.41, 5.74) is 7.75. The monoisotopic (exact) mass is 364 g/mol. The van der Waals surface area contributed by atoms with Gasteiger partial charge in [-0.25, -0.2) is 0 Å². The normalized spacial score (nSPS) is 10.4. The predicted molar refractivity (Wildman–Crippen MR) is 92.2 cm³/mol. The number of hydrogen-bond donors (Lipinski definition) is 1. The van der Waals surface area contributed by atoms with Crippen molar-refractivity contribution in [2.24, 2.45) is 0 Å². The van der Waals surface area contributed by atoms with E-state index >= 15 is 0 Å². The molecule has 3 nitrogen and oxygen atoms in total. The van der Waals surface area contributed by atoms with E-state index in [1.54, 1.807) is 4.90 Å². The van der Waals surface area contributed by atoms with Gasteiger partial charge in [0.05, 0.1) is 5.75 Å². The minimum absolute atomic E-state index is 0.0890. The van der Waals surface area contributed by atoms with Crippen LogP contribution in [0.2, 0.25) is 0 Å². The first-order chi connectivity index (χ1) is 10.1. The quantitative estimate of drug-likeness (QED) is 0.648. The molecule has 110 valence electrons. The summed E-state index contributed by atoms with van der Waals surface area (Å²) in [5.74, 6) is 0.473. The number of thioether (sulfide) groups is 1. The predicted octanol–water partition coefficient (Wildman–Crippen LogP) is 3.78. The van der Waals surface area contributed by atoms with Crippen LogP contribution in [0.4, 0.5) is 5.69 Å². The van der Waals surface area contributed by atoms with E-state index in [1.807, 2.05) is 55.6 Å². The Kier molecular flexibility index (Phi) is 5.70. The summed E-state index contributed by atoms with van der Waals surface area (Å²) >= 11 is 4.84. The number of nitrogen functional groups attached to an aromatic ring is 1. The van der Waals surface area contributed by atoms with Gasteiger partial charge in [-0.3, -0.25) is 4.79 Å². The summed E-state index contributed by atoms with van der Waals surface area (Å²) in [7, 11) is 1.82. The molecule has 0 saturated heterocycles. The van der Waals surface area contributed by atoms with Crippen molar-refractivity contribution in [1.82, 2.24) is 4.90 Å². The molecule has 0 atom stereocenters. The second kappa shape index (κ2) is 7.52. The van der Waals surface area contributed by atoms with Crippen LogP contribution in [0.25, 0.3) is 0 Å². The first-order valence-corrected chi connectivity index (χ1v) is 8.30. The minimum atomic E-state index is 0.0890. The van der Waals surface area contributed by atoms with Crippen LogP contribution in [-0.2, 0) is 11.3 Å². The molecule has 0 aliphatic carbocycles. The Bertz CT molecular complexity index is 619. The summed E-state index contributed by atoms with van der Waals surface area (Å²) in [6.45, 7) is 0.621. The zero-order valence-corrected chi connectivity index (χ0v) is 14.2. The number of halogens is 1. The molecule has 0 heterocycles. The van der Waals surface area contributed by atoms with E-state index in [2.05, 4.69) is 15.9 Å². The molecule has 2 rings (SSSR count). The van der Waals surface area contributed by atoms with Crippen LogP contribution in [0.5, 0.6) is 0 Å². The van der Waals surface area contributed by atoms with Gasteiger partial charge >= 0.3 is 0 Å². The van der Waals surface area contributed by atoms with Crippen molar-refractivity contribution < 1.29 is 4.79 Å². The van der Waals surface area contributed by atoms with Gasteiger partial charge < -0.3 is 10.6 Å². The maximum absolute atomic E-state index is 12.2. The summed E-state index contributed by atoms with van der Waals surface area (Å²) in [4.78, 5) is 14.8. The smallest absolute Gasteiger partial charge is 0.232 e. The van der Waals surface area contributed by atoms with Gasteiger partial charge in [-0.2, -0.15) is 0 Å². The van der Waals surface area contributed by atoms with Crippen molar-refractivity contribution in [3.8, 4) is 0 Å². The summed E-state index contributed by atoms with van der Waals surface area (Å²) in [6, 6.07) is 15.7. The number of nitrogens with two attached hydrogens (primary N) is 1. The number of benzene rings is 2. The molecule has 21 heavy (non-hydrogen) atoms. The third kappa shape index (κ3) is 4.79. The fourth-order valence-electron chi connectivity index (χ4n) is 1.85. The Morgan fingerprint density at radius 1 is 1.24 bits per heavy atom. The molecule has 0 aliphatic rings. The van der Waals surface area contributed by atoms with Gasteiger partial charge in [-0.15, -0.1) is 11.8 Å². The number of nitrogens with zero attached hydrogens (tertiary/aromatic N) is 1. The highest BCUT2D eigenvalue weighted by Crippen LogP contribution is 2.28. The summed E-state index contributed by atoms with van der Waals surface area (Å²) < 4.78 is 0.942. The Morgan fingerprint density at radius 2 is 1.95 bits per heavy atom. The first kappa shape index (κ1) is 15.9. The molecular formula is C16H17BrN2OS. The van der Waals surface area contributed by atoms with E-state index in [9.17, 15) is 4.79 Å². The van der Waals surface area contributed by atoms with E-state index in [4.69, 9.17) is 5.73 Å². The van der Waals surface area contributed by atoms with E-state index in [-0.39, 0.29) is 5.91 Å². The zero-order valence-electron chi connectivity index (χ0n) is 11.8. The fourth-order valence-corrected chi connectivity index (χ4v) is 3.11. The van der Waals surface area contributed by atoms with Crippen LogP contribution >= 0.6 is 27.7 Å². The Labute approximate surface area is 137 Å². The van der Waals surface area contributed by atoms with Crippen LogP contribution in [0, 0.1) is 0 Å². The molecule has 0 bridgehead atoms. The van der Waals surface area contributed by atoms with E-state index in [0.717, 1.165) is 14.9 Å². The second-order valence-corrected chi connectivity index (χ2v) is 6.64. The van der Waals surface area contributed by atoms with Crippen molar-refractivity contribution in [3.05, 3.63) is 58.6 Å². The number of carbonyl (C=O) groups excluding carboxylic acids is 1. The fraction of sp³-hybridized carbons (Fsp3) is 0.188. The number of amides is 1. The van der Waals surface area contributed by atoms with E-state index < -0.39 is 0 Å². The molecule has 2 aromatic carbocycles. The van der Waals surface area contributed by atoms with Gasteiger partial charge in [0.25, 0.3) is 0 Å². The van der Waals surface area contributed by atoms with Crippen LogP contribution in [-0.4, -0.2) is 23.6 Å². The van der Waals surface area contributed by atoms with Crippen molar-refractivity contribution in [2.45, 2.75) is 11.4 Å². The highest BCUT2D eigenvalue weighted by atomic mass is 79.9. The number of carbonyl (C=O) groups is 1. The Morgan fingerprint density at radius 3 is 2.62 bits per heavy atom. The SMILES string of the molecule is CN(Cc1ccccc1)C(=O)CSc1ccc(Br)cc1N. The molecule has 0 radical (unpaired) electrons. The lowest BCUT2D eigenvalue weighted by Crippen LogP contribution is -2.27. The second-order valence-electron chi connectivity index (χ2n) is 4.71. The molecule has 1 amide bonds. The highest BCUT2D eigenvalue weighted by Gasteiger charge is 2.11. The van der Waals surface area contributed by atoms with Crippen molar-refractivity contribution in [2.75, 3.05) is 18.5 Å². The minimum Gasteiger partial charge on any atom is -0.398 e. The third-order valence-electron chi connectivity index (χ3n) is 3.01. The maximum Gasteiger partial charge on any atom is 0.232 e. The molecule has 0 unspecified atom stereocenters. The van der Waals surface area contributed by atoms with Gasteiger partial charge in [0.15, 0.2) is 0 Å². The standard InChI is InChI=1S/C16H17BrN2OS/c1-19(10-12-5-3-2-4-6-12)16(20)11-21-15-8-7-13(17)9-14(15)18/h2-9H,10-11,18H2,1H3. The van der Waals surface area contributed by atoms with Crippen LogP contribution in [0.3, 0.4) is 0 Å². The van der Waals surface area contributed by atoms with Crippen LogP contribution in [0.15, 0.2) is 57.9 Å². The molecule has 0 saturated carbocycles. The lowest BCUT2D eigenvalue weighted by atomic mass is 10.2. The number of rotatable bonds is 5. The first-order valence-electron chi connectivity index (χ1n) is 6.52. The lowest BCUT2D eigenvalue weighted by Gasteiger charge is -2.17. The average Bonchev–Trinajstić information content (AvgIpc) is 2.47. The topological polar surface area (TPSA) is 46.3 Å². The van der Waals surface area contributed by atoms with Crippen molar-refractivity contribution >= 4 is 39.3 Å². The molecule has 2 N–H and O–H groups in total. The number of anilines is 1. The Hall–Kier alpha value is -1.46. The molecule has 0 fully saturated rings. The molecule has 0 spiro atoms. The molecule has 0 aromatic heterocycles. The number of hydrogen-bond acceptors (Lipinski definition) is 3. The van der Waals surface area contributed by atoms with Gasteiger partial charge in [0.1, 0.15) is 0 Å². The largest absolute Gasteiger partial charge is 0.398 e. The Balaban J connectivity index is 1.89. The molecular weight excluding hydrogens is 348 g/mol. The highest BCUT2D eigenvalue weighted by molar-refractivity contribution is 9.10. The molecule has 0 aliphatic heterocycles. The van der Waals surface area contributed by atoms with Crippen molar-refractivity contribution in [3.63, 3.8) is 0 Å². The summed E-state index contributed by atoms with van der Waals surface area (Å²) in [5, 5.41) is 0. The lowest BCUT2D eigenvalue weighted by molar-refractivity contribution is -0.127. The van der Waals surface area contributed by atoms with E-state index in [1.165, 1.54) is 11.8 Å². The van der Waals surface area contributed by atoms with Gasteiger partial charge in [-0.05, 0) is 23.8 Å². The van der Waals surface area contributed by atoms with Crippen LogP contribution < -0.4 is 5.73 Å². The third-order valence-corrected chi connectivity index (χ3v) is 4.58. The van der Waals surface area contributed by atoms with Gasteiger partial charge in [0.2, 0.25) is 5.91 Å². The molecule has 5 heteroatoms. The average molecular weight is 365 g/mol. The maximum atomic E-state index is 12.2. The summed E-state index contributed by atoms with van der Waals surface area (Å²) in [6.07, 6.45) is 0. The van der Waals surface area contributed by atoms with E-state index in [0.29, 0.717) is 18.0 Å². The molecule has 2 aromatic rings. The van der Waals surface area contributed by atoms with Crippen LogP contribution in [0.1, 0.15) is 5.56 Å². The van der Waals surface area contributed by atoms with Gasteiger partial charge in [0, 0.05) is 28.6 Å².